The molecule has 0 aromatic heterocycles. The molecule has 4 heteroatoms. The maximum atomic E-state index is 12.2. The number of carbonyl (C=O) groups is 1. The molecule has 0 N–H and O–H groups in total. The first kappa shape index (κ1) is 12.7. The van der Waals surface area contributed by atoms with E-state index >= 15 is 0 Å². The Morgan fingerprint density at radius 1 is 1.28 bits per heavy atom. The summed E-state index contributed by atoms with van der Waals surface area (Å²) in [6.45, 7) is 4.18. The molecule has 0 spiro atoms. The second-order valence-corrected chi connectivity index (χ2v) is 4.30. The molecular weight excluding hydrogens is 230 g/mol. The lowest BCUT2D eigenvalue weighted by molar-refractivity contribution is 0.0792. The lowest BCUT2D eigenvalue weighted by atomic mass is 10.1. The van der Waals surface area contributed by atoms with Gasteiger partial charge in [-0.1, -0.05) is 0 Å². The lowest BCUT2D eigenvalue weighted by Gasteiger charge is -2.16. The first-order valence-electron chi connectivity index (χ1n) is 6.36. The summed E-state index contributed by atoms with van der Waals surface area (Å²) in [5.74, 6) is 1.37. The van der Waals surface area contributed by atoms with Crippen molar-refractivity contribution in [2.75, 3.05) is 26.8 Å². The van der Waals surface area contributed by atoms with Crippen LogP contribution in [-0.4, -0.2) is 37.6 Å². The Morgan fingerprint density at radius 3 is 2.61 bits per heavy atom. The fourth-order valence-corrected chi connectivity index (χ4v) is 2.18. The van der Waals surface area contributed by atoms with E-state index in [1.54, 1.807) is 25.3 Å². The predicted octanol–water partition coefficient (Wildman–Crippen LogP) is 2.33. The second-order valence-electron chi connectivity index (χ2n) is 4.30. The molecule has 18 heavy (non-hydrogen) atoms. The summed E-state index contributed by atoms with van der Waals surface area (Å²) in [5, 5.41) is 0. The molecule has 1 aromatic carbocycles. The van der Waals surface area contributed by atoms with E-state index in [1.165, 1.54) is 0 Å². The van der Waals surface area contributed by atoms with Gasteiger partial charge in [0, 0.05) is 18.7 Å². The molecular formula is C14H19NO3. The maximum Gasteiger partial charge on any atom is 0.253 e. The van der Waals surface area contributed by atoms with Crippen molar-refractivity contribution >= 4 is 5.91 Å². The molecule has 2 rings (SSSR count). The van der Waals surface area contributed by atoms with Crippen molar-refractivity contribution in [3.05, 3.63) is 23.8 Å². The molecule has 1 fully saturated rings. The Kier molecular flexibility index (Phi) is 4.07. The summed E-state index contributed by atoms with van der Waals surface area (Å²) in [7, 11) is 1.60. The number of hydrogen-bond donors (Lipinski definition) is 0. The van der Waals surface area contributed by atoms with Crippen LogP contribution in [0.15, 0.2) is 18.2 Å². The number of amides is 1. The molecule has 1 saturated heterocycles. The summed E-state index contributed by atoms with van der Waals surface area (Å²) in [4.78, 5) is 14.1. The van der Waals surface area contributed by atoms with Crippen molar-refractivity contribution in [2.24, 2.45) is 0 Å². The number of likely N-dealkylation sites (tertiary alicyclic amines) is 1. The van der Waals surface area contributed by atoms with Crippen LogP contribution in [0.3, 0.4) is 0 Å². The third kappa shape index (κ3) is 2.58. The molecule has 1 heterocycles. The number of carbonyl (C=O) groups excluding carboxylic acids is 1. The highest BCUT2D eigenvalue weighted by atomic mass is 16.5. The monoisotopic (exact) mass is 249 g/mol. The van der Waals surface area contributed by atoms with Gasteiger partial charge in [-0.25, -0.2) is 0 Å². The van der Waals surface area contributed by atoms with E-state index in [1.807, 2.05) is 11.8 Å². The third-order valence-corrected chi connectivity index (χ3v) is 3.10. The van der Waals surface area contributed by atoms with Crippen molar-refractivity contribution in [1.29, 1.82) is 0 Å². The van der Waals surface area contributed by atoms with Gasteiger partial charge >= 0.3 is 0 Å². The standard InChI is InChI=1S/C14H19NO3/c1-3-18-13-10-11(6-7-12(13)17-2)14(16)15-8-4-5-9-15/h6-7,10H,3-5,8-9H2,1-2H3. The minimum absolute atomic E-state index is 0.0797. The van der Waals surface area contributed by atoms with E-state index in [-0.39, 0.29) is 5.91 Å². The number of ether oxygens (including phenoxy) is 2. The third-order valence-electron chi connectivity index (χ3n) is 3.10. The molecule has 0 saturated carbocycles. The van der Waals surface area contributed by atoms with Crippen LogP contribution in [0.1, 0.15) is 30.1 Å². The van der Waals surface area contributed by atoms with Crippen LogP contribution >= 0.6 is 0 Å². The molecule has 0 radical (unpaired) electrons. The van der Waals surface area contributed by atoms with Gasteiger partial charge in [-0.05, 0) is 38.0 Å². The predicted molar refractivity (Wildman–Crippen MR) is 69.3 cm³/mol. The summed E-state index contributed by atoms with van der Waals surface area (Å²) >= 11 is 0. The molecule has 98 valence electrons. The van der Waals surface area contributed by atoms with Crippen LogP contribution in [-0.2, 0) is 0 Å². The van der Waals surface area contributed by atoms with Crippen LogP contribution in [0.2, 0.25) is 0 Å². The van der Waals surface area contributed by atoms with E-state index in [0.29, 0.717) is 23.7 Å². The lowest BCUT2D eigenvalue weighted by Crippen LogP contribution is -2.27. The Hall–Kier alpha value is -1.71. The topological polar surface area (TPSA) is 38.8 Å². The van der Waals surface area contributed by atoms with E-state index in [4.69, 9.17) is 9.47 Å². The van der Waals surface area contributed by atoms with Gasteiger partial charge in [0.05, 0.1) is 13.7 Å². The van der Waals surface area contributed by atoms with Crippen LogP contribution in [0.25, 0.3) is 0 Å². The SMILES string of the molecule is CCOc1cc(C(=O)N2CCCC2)ccc1OC. The Labute approximate surface area is 107 Å². The second kappa shape index (κ2) is 5.76. The maximum absolute atomic E-state index is 12.2. The summed E-state index contributed by atoms with van der Waals surface area (Å²) < 4.78 is 10.7. The van der Waals surface area contributed by atoms with Gasteiger partial charge < -0.3 is 14.4 Å². The molecule has 0 atom stereocenters. The Balaban J connectivity index is 2.22. The van der Waals surface area contributed by atoms with Crippen molar-refractivity contribution in [3.8, 4) is 11.5 Å². The van der Waals surface area contributed by atoms with E-state index in [2.05, 4.69) is 0 Å². The molecule has 1 aromatic rings. The zero-order valence-corrected chi connectivity index (χ0v) is 10.9. The number of benzene rings is 1. The number of nitrogens with zero attached hydrogens (tertiary/aromatic N) is 1. The molecule has 0 bridgehead atoms. The van der Waals surface area contributed by atoms with E-state index in [9.17, 15) is 4.79 Å². The fourth-order valence-electron chi connectivity index (χ4n) is 2.18. The van der Waals surface area contributed by atoms with Gasteiger partial charge in [-0.3, -0.25) is 4.79 Å². The smallest absolute Gasteiger partial charge is 0.253 e. The summed E-state index contributed by atoms with van der Waals surface area (Å²) in [6, 6.07) is 5.35. The molecule has 1 amide bonds. The number of hydrogen-bond acceptors (Lipinski definition) is 3. The molecule has 0 aliphatic carbocycles. The van der Waals surface area contributed by atoms with Gasteiger partial charge in [-0.15, -0.1) is 0 Å². The van der Waals surface area contributed by atoms with Gasteiger partial charge in [0.1, 0.15) is 0 Å². The zero-order valence-electron chi connectivity index (χ0n) is 10.9. The van der Waals surface area contributed by atoms with Crippen LogP contribution in [0.4, 0.5) is 0 Å². The minimum atomic E-state index is 0.0797. The van der Waals surface area contributed by atoms with Crippen molar-refractivity contribution in [1.82, 2.24) is 4.90 Å². The first-order valence-corrected chi connectivity index (χ1v) is 6.36. The molecule has 1 aliphatic heterocycles. The van der Waals surface area contributed by atoms with Crippen molar-refractivity contribution < 1.29 is 14.3 Å². The summed E-state index contributed by atoms with van der Waals surface area (Å²) in [6.07, 6.45) is 2.19. The highest BCUT2D eigenvalue weighted by molar-refractivity contribution is 5.95. The van der Waals surface area contributed by atoms with Crippen molar-refractivity contribution in [3.63, 3.8) is 0 Å². The highest BCUT2D eigenvalue weighted by Crippen LogP contribution is 2.28. The normalized spacial score (nSPS) is 14.7. The number of methoxy groups -OCH3 is 1. The minimum Gasteiger partial charge on any atom is -0.493 e. The van der Waals surface area contributed by atoms with Crippen LogP contribution < -0.4 is 9.47 Å². The number of rotatable bonds is 4. The highest BCUT2D eigenvalue weighted by Gasteiger charge is 2.20. The first-order chi connectivity index (χ1) is 8.76. The largest absolute Gasteiger partial charge is 0.493 e. The molecule has 0 unspecified atom stereocenters. The van der Waals surface area contributed by atoms with Gasteiger partial charge in [-0.2, -0.15) is 0 Å². The van der Waals surface area contributed by atoms with Gasteiger partial charge in [0.15, 0.2) is 11.5 Å². The Bertz CT molecular complexity index is 425. The summed E-state index contributed by atoms with van der Waals surface area (Å²) in [5.41, 5.74) is 0.668. The average molecular weight is 249 g/mol. The zero-order chi connectivity index (χ0) is 13.0. The van der Waals surface area contributed by atoms with Crippen LogP contribution in [0, 0.1) is 0 Å². The van der Waals surface area contributed by atoms with Crippen LogP contribution in [0.5, 0.6) is 11.5 Å². The fraction of sp³-hybridized carbons (Fsp3) is 0.500. The van der Waals surface area contributed by atoms with Crippen molar-refractivity contribution in [2.45, 2.75) is 19.8 Å². The van der Waals surface area contributed by atoms with E-state index in [0.717, 1.165) is 25.9 Å². The van der Waals surface area contributed by atoms with Gasteiger partial charge in [0.2, 0.25) is 0 Å². The average Bonchev–Trinajstić information content (AvgIpc) is 2.92. The Morgan fingerprint density at radius 2 is 2.00 bits per heavy atom. The van der Waals surface area contributed by atoms with E-state index < -0.39 is 0 Å². The van der Waals surface area contributed by atoms with Gasteiger partial charge in [0.25, 0.3) is 5.91 Å². The molecule has 1 aliphatic rings. The molecule has 4 nitrogen and oxygen atoms in total. The quantitative estimate of drug-likeness (QED) is 0.822.